The van der Waals surface area contributed by atoms with Crippen molar-refractivity contribution in [3.05, 3.63) is 110 Å². The van der Waals surface area contributed by atoms with E-state index < -0.39 is 0 Å². The van der Waals surface area contributed by atoms with Crippen LogP contribution in [0.25, 0.3) is 6.08 Å². The summed E-state index contributed by atoms with van der Waals surface area (Å²) in [5, 5.41) is 12.3. The number of anilines is 1. The number of hydrogen-bond acceptors (Lipinski definition) is 9. The molecule has 1 aromatic heterocycles. The van der Waals surface area contributed by atoms with Crippen molar-refractivity contribution in [2.45, 2.75) is 6.54 Å². The molecule has 0 bridgehead atoms. The van der Waals surface area contributed by atoms with Crippen molar-refractivity contribution in [1.82, 2.24) is 4.90 Å². The van der Waals surface area contributed by atoms with Crippen molar-refractivity contribution in [2.75, 3.05) is 26.1 Å². The number of furan rings is 1. The van der Waals surface area contributed by atoms with Gasteiger partial charge in [-0.05, 0) is 96.2 Å². The van der Waals surface area contributed by atoms with Crippen molar-refractivity contribution in [3.63, 3.8) is 0 Å². The fourth-order valence-electron chi connectivity index (χ4n) is 4.14. The number of rotatable bonds is 11. The lowest BCUT2D eigenvalue weighted by molar-refractivity contribution is -0.122. The Morgan fingerprint density at radius 1 is 1.04 bits per heavy atom. The van der Waals surface area contributed by atoms with Gasteiger partial charge in [0, 0.05) is 20.7 Å². The molecular weight excluding hydrogens is 684 g/mol. The largest absolute Gasteiger partial charge is 0.493 e. The van der Waals surface area contributed by atoms with E-state index >= 15 is 0 Å². The lowest BCUT2D eigenvalue weighted by atomic mass is 10.2. The number of amidine groups is 1. The van der Waals surface area contributed by atoms with Gasteiger partial charge in [0.25, 0.3) is 11.8 Å². The first-order chi connectivity index (χ1) is 21.8. The number of nitrogens with zero attached hydrogens (tertiary/aromatic N) is 3. The van der Waals surface area contributed by atoms with E-state index in [2.05, 4.69) is 31.4 Å². The summed E-state index contributed by atoms with van der Waals surface area (Å²) in [7, 11) is 3.12. The maximum Gasteiger partial charge on any atom is 0.267 e. The number of carbonyl (C=O) groups is 2. The SMILES string of the molecule is COc1ccc(/C=N\N=C2\S/C(=C\c3cc(Br)ccc3OCC(=O)Nc3ccc(Cl)cc3)C(=O)N2Cc2ccco2)cc1OC. The van der Waals surface area contributed by atoms with E-state index in [9.17, 15) is 9.59 Å². The Kier molecular flexibility index (Phi) is 10.6. The molecule has 5 rings (SSSR count). The van der Waals surface area contributed by atoms with Crippen molar-refractivity contribution < 1.29 is 28.2 Å². The molecule has 0 atom stereocenters. The number of thioether (sulfide) groups is 1. The first-order valence-corrected chi connectivity index (χ1v) is 15.4. The van der Waals surface area contributed by atoms with E-state index in [1.54, 1.807) is 99.5 Å². The number of halogens is 2. The standard InChI is InChI=1S/C32H26BrClN4O6S/c1-41-27-11-5-20(14-28(27)42-2)17-35-37-32-38(18-25-4-3-13-43-25)31(40)29(45-32)16-21-15-22(33)6-12-26(21)44-19-30(39)36-24-9-7-23(34)8-10-24/h3-17H,18-19H2,1-2H3,(H,36,39)/b29-16-,35-17-,37-32+. The summed E-state index contributed by atoms with van der Waals surface area (Å²) in [6, 6.07) is 21.0. The van der Waals surface area contributed by atoms with Crippen molar-refractivity contribution in [2.24, 2.45) is 10.2 Å². The van der Waals surface area contributed by atoms with Crippen molar-refractivity contribution in [1.29, 1.82) is 0 Å². The molecule has 230 valence electrons. The van der Waals surface area contributed by atoms with Crippen LogP contribution in [0.2, 0.25) is 5.02 Å². The van der Waals surface area contributed by atoms with Gasteiger partial charge in [-0.25, -0.2) is 0 Å². The zero-order chi connectivity index (χ0) is 31.8. The molecule has 3 aromatic carbocycles. The fraction of sp³-hybridized carbons (Fsp3) is 0.125. The highest BCUT2D eigenvalue weighted by Gasteiger charge is 2.34. The predicted molar refractivity (Wildman–Crippen MR) is 179 cm³/mol. The van der Waals surface area contributed by atoms with Gasteiger partial charge in [-0.15, -0.1) is 5.10 Å². The Morgan fingerprint density at radius 2 is 1.82 bits per heavy atom. The van der Waals surface area contributed by atoms with Gasteiger partial charge in [-0.1, -0.05) is 27.5 Å². The third-order valence-electron chi connectivity index (χ3n) is 6.28. The van der Waals surface area contributed by atoms with Crippen molar-refractivity contribution in [3.8, 4) is 17.2 Å². The van der Waals surface area contributed by atoms with Crippen LogP contribution in [0, 0.1) is 0 Å². The summed E-state index contributed by atoms with van der Waals surface area (Å²) in [6.07, 6.45) is 4.79. The second kappa shape index (κ2) is 15.0. The van der Waals surface area contributed by atoms with Gasteiger partial charge in [-0.3, -0.25) is 14.5 Å². The quantitative estimate of drug-likeness (QED) is 0.0993. The van der Waals surface area contributed by atoms with Crippen LogP contribution in [0.1, 0.15) is 16.9 Å². The monoisotopic (exact) mass is 708 g/mol. The number of benzene rings is 3. The van der Waals surface area contributed by atoms with Crippen LogP contribution in [0.5, 0.6) is 17.2 Å². The summed E-state index contributed by atoms with van der Waals surface area (Å²) in [6.45, 7) is -0.0860. The van der Waals surface area contributed by atoms with Gasteiger partial charge >= 0.3 is 0 Å². The number of methoxy groups -OCH3 is 2. The molecule has 0 saturated carbocycles. The van der Waals surface area contributed by atoms with Crippen LogP contribution >= 0.6 is 39.3 Å². The lowest BCUT2D eigenvalue weighted by Gasteiger charge is -2.13. The topological polar surface area (TPSA) is 115 Å². The lowest BCUT2D eigenvalue weighted by Crippen LogP contribution is -2.28. The van der Waals surface area contributed by atoms with E-state index in [1.165, 1.54) is 4.90 Å². The molecule has 2 amide bonds. The maximum atomic E-state index is 13.6. The smallest absolute Gasteiger partial charge is 0.267 e. The molecule has 1 saturated heterocycles. The van der Waals surface area contributed by atoms with Gasteiger partial charge in [0.2, 0.25) is 0 Å². The molecule has 0 aliphatic carbocycles. The van der Waals surface area contributed by atoms with Crippen LogP contribution in [0.3, 0.4) is 0 Å². The van der Waals surface area contributed by atoms with Crippen LogP contribution in [-0.4, -0.2) is 48.9 Å². The Labute approximate surface area is 276 Å². The Morgan fingerprint density at radius 3 is 2.56 bits per heavy atom. The molecule has 10 nitrogen and oxygen atoms in total. The van der Waals surface area contributed by atoms with E-state index in [1.807, 2.05) is 6.07 Å². The fourth-order valence-corrected chi connectivity index (χ4v) is 5.57. The average Bonchev–Trinajstić information content (AvgIpc) is 3.66. The molecule has 0 radical (unpaired) electrons. The Bertz CT molecular complexity index is 1780. The number of hydrogen-bond donors (Lipinski definition) is 1. The van der Waals surface area contributed by atoms with Crippen molar-refractivity contribution >= 4 is 74.3 Å². The van der Waals surface area contributed by atoms with Gasteiger partial charge in [-0.2, -0.15) is 5.10 Å². The first-order valence-electron chi connectivity index (χ1n) is 13.4. The average molecular weight is 710 g/mol. The molecular formula is C32H26BrClN4O6S. The minimum atomic E-state index is -0.350. The molecule has 2 heterocycles. The molecule has 0 unspecified atom stereocenters. The highest BCUT2D eigenvalue weighted by molar-refractivity contribution is 9.10. The number of ether oxygens (including phenoxy) is 3. The molecule has 1 aliphatic rings. The third kappa shape index (κ3) is 8.35. The molecule has 13 heteroatoms. The minimum Gasteiger partial charge on any atom is -0.493 e. The van der Waals surface area contributed by atoms with E-state index in [0.717, 1.165) is 21.8 Å². The van der Waals surface area contributed by atoms with Crippen LogP contribution < -0.4 is 19.5 Å². The molecule has 0 spiro atoms. The zero-order valence-corrected chi connectivity index (χ0v) is 27.2. The highest BCUT2D eigenvalue weighted by atomic mass is 79.9. The summed E-state index contributed by atoms with van der Waals surface area (Å²) in [5.74, 6) is 1.51. The van der Waals surface area contributed by atoms with E-state index in [4.69, 9.17) is 30.2 Å². The molecule has 1 fully saturated rings. The van der Waals surface area contributed by atoms with E-state index in [0.29, 0.717) is 49.4 Å². The van der Waals surface area contributed by atoms with Gasteiger partial charge in [0.1, 0.15) is 11.5 Å². The number of amides is 2. The third-order valence-corrected chi connectivity index (χ3v) is 8.03. The first kappa shape index (κ1) is 31.9. The minimum absolute atomic E-state index is 0.160. The van der Waals surface area contributed by atoms with Gasteiger partial charge < -0.3 is 23.9 Å². The predicted octanol–water partition coefficient (Wildman–Crippen LogP) is 7.24. The molecule has 1 aliphatic heterocycles. The second-order valence-corrected chi connectivity index (χ2v) is 11.7. The van der Waals surface area contributed by atoms with Crippen LogP contribution in [0.15, 0.2) is 103 Å². The molecule has 45 heavy (non-hydrogen) atoms. The van der Waals surface area contributed by atoms with Gasteiger partial charge in [0.15, 0.2) is 23.3 Å². The van der Waals surface area contributed by atoms with Crippen LogP contribution in [0.4, 0.5) is 5.69 Å². The summed E-state index contributed by atoms with van der Waals surface area (Å²) >= 11 is 10.6. The summed E-state index contributed by atoms with van der Waals surface area (Å²) in [4.78, 5) is 28.0. The van der Waals surface area contributed by atoms with E-state index in [-0.39, 0.29) is 25.0 Å². The second-order valence-electron chi connectivity index (χ2n) is 9.35. The Balaban J connectivity index is 1.37. The Hall–Kier alpha value is -4.52. The molecule has 4 aromatic rings. The van der Waals surface area contributed by atoms with Gasteiger partial charge in [0.05, 0.1) is 38.1 Å². The highest BCUT2D eigenvalue weighted by Crippen LogP contribution is 2.36. The summed E-state index contributed by atoms with van der Waals surface area (Å²) < 4.78 is 22.8. The maximum absolute atomic E-state index is 13.6. The molecule has 1 N–H and O–H groups in total. The zero-order valence-electron chi connectivity index (χ0n) is 24.0. The number of nitrogens with one attached hydrogen (secondary N) is 1. The summed E-state index contributed by atoms with van der Waals surface area (Å²) in [5.41, 5.74) is 1.92. The normalized spacial score (nSPS) is 14.8. The number of carbonyl (C=O) groups excluding carboxylic acids is 2. The van der Waals surface area contributed by atoms with Crippen LogP contribution in [-0.2, 0) is 16.1 Å².